The SMILES string of the molecule is C.C[n+]1ccc(CC(=O)N2CCC(C3c4c(Br)cc(Cl)cc4CCc4cc(Br)c[n+](O)c43)CC2)cc1.O=C(Cc1cc[n+](O)cc1)N1CCC(C2c3ccc(Cl)c(Br)c3CCc3cc(Br)c[n+](O)c32)CC1. The Hall–Kier alpha value is -4.12. The smallest absolute Gasteiger partial charge is 0.245 e. The van der Waals surface area contributed by atoms with Crippen LogP contribution in [0.2, 0.25) is 10.0 Å². The van der Waals surface area contributed by atoms with Crippen LogP contribution in [0.1, 0.15) is 101 Å². The number of halogens is 6. The fourth-order valence-corrected chi connectivity index (χ4v) is 14.0. The molecule has 2 aliphatic heterocycles. The first-order valence-electron chi connectivity index (χ1n) is 23.6. The molecule has 2 aromatic carbocycles. The zero-order valence-electron chi connectivity index (χ0n) is 38.6. The molecular formula is C54H58Br4Cl2N6O5+4. The number of carbonyl (C=O) groups is 2. The molecule has 2 unspecified atom stereocenters. The molecule has 0 spiro atoms. The molecule has 11 nitrogen and oxygen atoms in total. The molecule has 2 amide bonds. The molecular weight excluding hydrogens is 1200 g/mol. The highest BCUT2D eigenvalue weighted by Gasteiger charge is 2.43. The van der Waals surface area contributed by atoms with Crippen LogP contribution in [0.4, 0.5) is 0 Å². The second-order valence-corrected chi connectivity index (χ2v) is 23.2. The first kappa shape index (κ1) is 53.2. The number of aryl methyl sites for hydroxylation is 4. The standard InChI is InChI=1S/C27H28Br2ClN3O2.C26H26Br2ClN3O3.CH4/c1-31-8-4-17(5-9-31)12-24(34)32-10-6-18(7-11-32)26-25-19(14-22(30)15-23(25)29)2-3-20-13-21(28)16-33(35)27(20)26;27-19-14-18-1-2-21-20(3-4-22(29)25(21)28)24(26(18)32(35)15-19)17-7-9-30(10-8-17)23(33)13-16-5-11-31(34)12-6-16;/h4-5,8-9,13-16,18,26,35H,2-3,6-7,10-12H2,1H3;3-6,11-12,14-15,17,24,34-35H,1-2,7-10,13H2;1H4/q2*+2;. The third kappa shape index (κ3) is 11.8. The van der Waals surface area contributed by atoms with Gasteiger partial charge >= 0.3 is 0 Å². The average Bonchev–Trinajstić information content (AvgIpc) is 3.61. The van der Waals surface area contributed by atoms with Gasteiger partial charge in [0.25, 0.3) is 0 Å². The second-order valence-electron chi connectivity index (χ2n) is 18.9. The Labute approximate surface area is 459 Å². The van der Waals surface area contributed by atoms with E-state index >= 15 is 0 Å². The van der Waals surface area contributed by atoms with Crippen molar-refractivity contribution in [3.8, 4) is 0 Å². The van der Waals surface area contributed by atoms with Gasteiger partial charge in [0, 0.05) is 89.7 Å². The number of rotatable bonds is 6. The number of nitrogens with zero attached hydrogens (tertiary/aromatic N) is 6. The summed E-state index contributed by atoms with van der Waals surface area (Å²) in [6.07, 6.45) is 18.0. The maximum absolute atomic E-state index is 13.0. The molecule has 6 heterocycles. The van der Waals surface area contributed by atoms with Crippen LogP contribution >= 0.6 is 86.9 Å². The van der Waals surface area contributed by atoms with E-state index in [-0.39, 0.29) is 37.0 Å². The lowest BCUT2D eigenvalue weighted by atomic mass is 9.76. The number of pyridine rings is 4. The summed E-state index contributed by atoms with van der Waals surface area (Å²) >= 11 is 27.5. The minimum absolute atomic E-state index is 0. The number of amides is 2. The number of aromatic nitrogens is 4. The molecule has 4 aliphatic rings. The second kappa shape index (κ2) is 23.0. The predicted molar refractivity (Wildman–Crippen MR) is 284 cm³/mol. The molecule has 2 atom stereocenters. The third-order valence-electron chi connectivity index (χ3n) is 14.6. The van der Waals surface area contributed by atoms with Gasteiger partial charge in [-0.3, -0.25) is 25.2 Å². The minimum atomic E-state index is 0. The van der Waals surface area contributed by atoms with Gasteiger partial charge in [-0.2, -0.15) is 0 Å². The predicted octanol–water partition coefficient (Wildman–Crippen LogP) is 10.2. The van der Waals surface area contributed by atoms with E-state index in [1.54, 1.807) is 24.5 Å². The van der Waals surface area contributed by atoms with Crippen LogP contribution in [-0.4, -0.2) is 63.4 Å². The fourth-order valence-electron chi connectivity index (χ4n) is 11.2. The molecule has 17 heteroatoms. The monoisotopic (exact) mass is 1260 g/mol. The van der Waals surface area contributed by atoms with Crippen LogP contribution in [0, 0.1) is 11.8 Å². The van der Waals surface area contributed by atoms with Crippen molar-refractivity contribution in [2.45, 2.75) is 83.5 Å². The zero-order valence-corrected chi connectivity index (χ0v) is 46.4. The number of benzene rings is 2. The van der Waals surface area contributed by atoms with E-state index in [0.29, 0.717) is 41.9 Å². The van der Waals surface area contributed by atoms with Crippen LogP contribution in [0.5, 0.6) is 0 Å². The average molecular weight is 1260 g/mol. The number of hydrogen-bond donors (Lipinski definition) is 3. The van der Waals surface area contributed by atoms with Crippen molar-refractivity contribution in [2.24, 2.45) is 18.9 Å². The van der Waals surface area contributed by atoms with Gasteiger partial charge in [0.05, 0.1) is 38.6 Å². The van der Waals surface area contributed by atoms with Crippen molar-refractivity contribution >= 4 is 98.7 Å². The summed E-state index contributed by atoms with van der Waals surface area (Å²) in [5, 5.41) is 32.9. The van der Waals surface area contributed by atoms with E-state index in [1.807, 2.05) is 58.1 Å². The lowest BCUT2D eigenvalue weighted by Gasteiger charge is -2.36. The minimum Gasteiger partial charge on any atom is -0.342 e. The summed E-state index contributed by atoms with van der Waals surface area (Å²) in [5.74, 6) is 0.846. The lowest BCUT2D eigenvalue weighted by molar-refractivity contribution is -0.911. The van der Waals surface area contributed by atoms with Crippen LogP contribution in [-0.2, 0) is 55.2 Å². The quantitative estimate of drug-likeness (QED) is 0.114. The van der Waals surface area contributed by atoms with Gasteiger partial charge in [-0.05, 0) is 175 Å². The molecule has 71 heavy (non-hydrogen) atoms. The number of piperidine rings is 2. The molecule has 3 N–H and O–H groups in total. The Morgan fingerprint density at radius 1 is 0.634 bits per heavy atom. The molecule has 0 radical (unpaired) electrons. The van der Waals surface area contributed by atoms with Gasteiger partial charge in [0.1, 0.15) is 7.05 Å². The van der Waals surface area contributed by atoms with Crippen molar-refractivity contribution in [2.75, 3.05) is 26.2 Å². The van der Waals surface area contributed by atoms with Gasteiger partial charge in [0.15, 0.2) is 12.4 Å². The van der Waals surface area contributed by atoms with E-state index in [1.165, 1.54) is 44.1 Å². The van der Waals surface area contributed by atoms with Crippen molar-refractivity contribution in [3.05, 3.63) is 182 Å². The highest BCUT2D eigenvalue weighted by Crippen LogP contribution is 2.47. The summed E-state index contributed by atoms with van der Waals surface area (Å²) < 4.78 is 9.13. The molecule has 2 fully saturated rings. The summed E-state index contributed by atoms with van der Waals surface area (Å²) in [6, 6.07) is 19.8. The number of hydrogen-bond acceptors (Lipinski definition) is 5. The molecule has 0 bridgehead atoms. The van der Waals surface area contributed by atoms with Crippen molar-refractivity contribution < 1.29 is 44.0 Å². The Morgan fingerprint density at radius 3 is 1.66 bits per heavy atom. The third-order valence-corrected chi connectivity index (χ3v) is 17.8. The zero-order chi connectivity index (χ0) is 49.4. The summed E-state index contributed by atoms with van der Waals surface area (Å²) in [6.45, 7) is 2.79. The van der Waals surface area contributed by atoms with Crippen LogP contribution < -0.4 is 18.8 Å². The first-order valence-corrected chi connectivity index (χ1v) is 27.5. The van der Waals surface area contributed by atoms with E-state index in [9.17, 15) is 25.2 Å². The Kier molecular flexibility index (Phi) is 17.2. The maximum Gasteiger partial charge on any atom is 0.245 e. The van der Waals surface area contributed by atoms with Gasteiger partial charge in [-0.15, -0.1) is 0 Å². The summed E-state index contributed by atoms with van der Waals surface area (Å²) in [5.41, 5.74) is 10.9. The lowest BCUT2D eigenvalue weighted by Crippen LogP contribution is -2.44. The van der Waals surface area contributed by atoms with Gasteiger partial charge < -0.3 is 9.80 Å². The van der Waals surface area contributed by atoms with Crippen LogP contribution in [0.25, 0.3) is 0 Å². The van der Waals surface area contributed by atoms with E-state index in [0.717, 1.165) is 121 Å². The van der Waals surface area contributed by atoms with Crippen molar-refractivity contribution in [1.29, 1.82) is 0 Å². The first-order chi connectivity index (χ1) is 33.6. The summed E-state index contributed by atoms with van der Waals surface area (Å²) in [7, 11) is 1.97. The molecule has 2 aliphatic carbocycles. The topological polar surface area (TPSA) is 117 Å². The molecule has 372 valence electrons. The van der Waals surface area contributed by atoms with Crippen LogP contribution in [0.15, 0.2) is 116 Å². The van der Waals surface area contributed by atoms with E-state index in [2.05, 4.69) is 88.0 Å². The van der Waals surface area contributed by atoms with E-state index in [4.69, 9.17) is 23.2 Å². The molecule has 4 aromatic heterocycles. The number of carbonyl (C=O) groups excluding carboxylic acids is 2. The normalized spacial score (nSPS) is 17.8. The molecule has 0 saturated carbocycles. The number of fused-ring (bicyclic) bond motifs is 4. The van der Waals surface area contributed by atoms with Crippen LogP contribution in [0.3, 0.4) is 0 Å². The fraction of sp³-hybridized carbons (Fsp3) is 0.370. The van der Waals surface area contributed by atoms with E-state index < -0.39 is 0 Å². The molecule has 2 saturated heterocycles. The maximum atomic E-state index is 13.0. The molecule has 6 aromatic rings. The number of likely N-dealkylation sites (tertiary alicyclic amines) is 2. The Balaban J connectivity index is 0.000000188. The van der Waals surface area contributed by atoms with Gasteiger partial charge in [-0.25, -0.2) is 4.57 Å². The largest absolute Gasteiger partial charge is 0.342 e. The highest BCUT2D eigenvalue weighted by atomic mass is 79.9. The highest BCUT2D eigenvalue weighted by molar-refractivity contribution is 9.11. The van der Waals surface area contributed by atoms with Gasteiger partial charge in [-0.1, -0.05) is 52.6 Å². The van der Waals surface area contributed by atoms with Crippen molar-refractivity contribution in [3.63, 3.8) is 0 Å². The van der Waals surface area contributed by atoms with Crippen molar-refractivity contribution in [1.82, 2.24) is 9.80 Å². The Bertz CT molecular complexity index is 2890. The Morgan fingerprint density at radius 2 is 1.11 bits per heavy atom. The van der Waals surface area contributed by atoms with Gasteiger partial charge in [0.2, 0.25) is 48.0 Å². The molecule has 10 rings (SSSR count). The summed E-state index contributed by atoms with van der Waals surface area (Å²) in [4.78, 5) is 29.9.